The van der Waals surface area contributed by atoms with Gasteiger partial charge in [-0.05, 0) is 85.9 Å². The Morgan fingerprint density at radius 2 is 1.70 bits per heavy atom. The van der Waals surface area contributed by atoms with Crippen LogP contribution in [0.5, 0.6) is 0 Å². The fourth-order valence-corrected chi connectivity index (χ4v) is 6.83. The molecule has 6 atom stereocenters. The van der Waals surface area contributed by atoms with E-state index < -0.39 is 5.60 Å². The summed E-state index contributed by atoms with van der Waals surface area (Å²) in [7, 11) is 0. The zero-order chi connectivity index (χ0) is 17.1. The van der Waals surface area contributed by atoms with Gasteiger partial charge in [-0.15, -0.1) is 0 Å². The molecule has 3 saturated carbocycles. The highest BCUT2D eigenvalue weighted by Crippen LogP contribution is 2.64. The monoisotopic (exact) mass is 322 g/mol. The second kappa shape index (κ2) is 5.46. The van der Waals surface area contributed by atoms with E-state index in [1.54, 1.807) is 0 Å². The number of aliphatic hydroxyl groups excluding tert-OH is 1. The Morgan fingerprint density at radius 1 is 1.00 bits per heavy atom. The number of fused-ring (bicyclic) bond motifs is 1. The van der Waals surface area contributed by atoms with Gasteiger partial charge in [-0.2, -0.15) is 0 Å². The first kappa shape index (κ1) is 17.7. The quantitative estimate of drug-likeness (QED) is 0.782. The number of hydrogen-bond acceptors (Lipinski definition) is 2. The maximum absolute atomic E-state index is 11.2. The van der Waals surface area contributed by atoms with Gasteiger partial charge in [0.15, 0.2) is 0 Å². The molecule has 0 spiro atoms. The van der Waals surface area contributed by atoms with Gasteiger partial charge < -0.3 is 10.2 Å². The molecule has 1 unspecified atom stereocenters. The van der Waals surface area contributed by atoms with Crippen LogP contribution in [0.1, 0.15) is 86.0 Å². The van der Waals surface area contributed by atoms with Gasteiger partial charge in [0, 0.05) is 6.61 Å². The molecular formula is C21H38O2. The van der Waals surface area contributed by atoms with Gasteiger partial charge in [0.2, 0.25) is 0 Å². The summed E-state index contributed by atoms with van der Waals surface area (Å²) < 4.78 is 0. The molecule has 0 saturated heterocycles. The molecule has 0 aromatic heterocycles. The van der Waals surface area contributed by atoms with Gasteiger partial charge in [-0.1, -0.05) is 34.1 Å². The van der Waals surface area contributed by atoms with Crippen LogP contribution in [-0.4, -0.2) is 22.4 Å². The molecule has 0 amide bonds. The minimum Gasteiger partial charge on any atom is -0.396 e. The van der Waals surface area contributed by atoms with Crippen molar-refractivity contribution in [3.63, 3.8) is 0 Å². The summed E-state index contributed by atoms with van der Waals surface area (Å²) >= 11 is 0. The molecule has 3 aliphatic carbocycles. The predicted molar refractivity (Wildman–Crippen MR) is 95.1 cm³/mol. The average Bonchev–Trinajstić information content (AvgIpc) is 3.07. The Hall–Kier alpha value is -0.0800. The lowest BCUT2D eigenvalue weighted by Crippen LogP contribution is -2.57. The van der Waals surface area contributed by atoms with Crippen LogP contribution in [0.25, 0.3) is 0 Å². The smallest absolute Gasteiger partial charge is 0.0653 e. The number of hydrogen-bond donors (Lipinski definition) is 2. The summed E-state index contributed by atoms with van der Waals surface area (Å²) in [6.45, 7) is 12.2. The summed E-state index contributed by atoms with van der Waals surface area (Å²) in [6.07, 6.45) is 9.54. The van der Waals surface area contributed by atoms with E-state index in [0.717, 1.165) is 18.8 Å². The first-order chi connectivity index (χ1) is 10.6. The normalized spacial score (nSPS) is 52.0. The predicted octanol–water partition coefficient (Wildman–Crippen LogP) is 4.78. The van der Waals surface area contributed by atoms with Crippen molar-refractivity contribution in [3.8, 4) is 0 Å². The molecule has 3 fully saturated rings. The highest BCUT2D eigenvalue weighted by Gasteiger charge is 2.58. The molecule has 0 aromatic carbocycles. The Balaban J connectivity index is 1.80. The van der Waals surface area contributed by atoms with Crippen molar-refractivity contribution in [2.24, 2.45) is 34.0 Å². The topological polar surface area (TPSA) is 40.5 Å². The molecule has 0 aliphatic heterocycles. The Bertz CT molecular complexity index is 455. The third-order valence-electron chi connectivity index (χ3n) is 8.52. The highest BCUT2D eigenvalue weighted by atomic mass is 16.3. The van der Waals surface area contributed by atoms with Crippen molar-refractivity contribution >= 4 is 0 Å². The largest absolute Gasteiger partial charge is 0.396 e. The van der Waals surface area contributed by atoms with Crippen LogP contribution in [0.4, 0.5) is 0 Å². The lowest BCUT2D eigenvalue weighted by Gasteiger charge is -2.61. The Kier molecular flexibility index (Phi) is 4.21. The van der Waals surface area contributed by atoms with Crippen molar-refractivity contribution in [1.82, 2.24) is 0 Å². The van der Waals surface area contributed by atoms with Crippen molar-refractivity contribution in [1.29, 1.82) is 0 Å². The van der Waals surface area contributed by atoms with Gasteiger partial charge in [-0.25, -0.2) is 0 Å². The minimum atomic E-state index is -0.515. The summed E-state index contributed by atoms with van der Waals surface area (Å²) in [5, 5.41) is 20.6. The molecule has 2 heteroatoms. The lowest BCUT2D eigenvalue weighted by atomic mass is 9.45. The van der Waals surface area contributed by atoms with E-state index in [4.69, 9.17) is 0 Å². The van der Waals surface area contributed by atoms with Crippen LogP contribution in [0, 0.1) is 34.0 Å². The molecule has 3 aliphatic rings. The van der Waals surface area contributed by atoms with Crippen molar-refractivity contribution < 1.29 is 10.2 Å². The second-order valence-corrected chi connectivity index (χ2v) is 10.6. The maximum atomic E-state index is 11.2. The summed E-state index contributed by atoms with van der Waals surface area (Å²) in [4.78, 5) is 0. The highest BCUT2D eigenvalue weighted by molar-refractivity contribution is 5.08. The zero-order valence-corrected chi connectivity index (χ0v) is 16.0. The first-order valence-corrected chi connectivity index (χ1v) is 9.88. The van der Waals surface area contributed by atoms with E-state index in [1.807, 2.05) is 0 Å². The molecule has 3 rings (SSSR count). The maximum Gasteiger partial charge on any atom is 0.0653 e. The molecule has 0 heterocycles. The zero-order valence-electron chi connectivity index (χ0n) is 16.0. The molecule has 0 radical (unpaired) electrons. The molecule has 2 nitrogen and oxygen atoms in total. The van der Waals surface area contributed by atoms with Gasteiger partial charge in [0.05, 0.1) is 5.60 Å². The van der Waals surface area contributed by atoms with E-state index in [0.29, 0.717) is 29.3 Å². The molecule has 0 bridgehead atoms. The molecule has 134 valence electrons. The molecule has 23 heavy (non-hydrogen) atoms. The third kappa shape index (κ3) is 2.88. The Labute approximate surface area is 143 Å². The molecule has 2 N–H and O–H groups in total. The van der Waals surface area contributed by atoms with E-state index in [-0.39, 0.29) is 5.41 Å². The fraction of sp³-hybridized carbons (Fsp3) is 1.00. The van der Waals surface area contributed by atoms with E-state index in [1.165, 1.54) is 38.5 Å². The summed E-state index contributed by atoms with van der Waals surface area (Å²) in [5.74, 6) is 1.65. The number of rotatable bonds is 4. The standard InChI is InChI=1S/C21H38O2/c1-18(2)9-6-10-20(4)16(18)8-12-21(5,23)17(20)7-11-19(3)13-15(19)14-22/h15-17,22-23H,6-14H2,1-5H3/t15?,16-,17+,19+,20-,21+/m0/s1. The third-order valence-corrected chi connectivity index (χ3v) is 8.52. The van der Waals surface area contributed by atoms with Gasteiger partial charge in [0.25, 0.3) is 0 Å². The van der Waals surface area contributed by atoms with Crippen molar-refractivity contribution in [3.05, 3.63) is 0 Å². The summed E-state index contributed by atoms with van der Waals surface area (Å²) in [5.41, 5.74) is 0.513. The van der Waals surface area contributed by atoms with Gasteiger partial charge in [0.1, 0.15) is 0 Å². The van der Waals surface area contributed by atoms with Crippen LogP contribution in [-0.2, 0) is 0 Å². The van der Waals surface area contributed by atoms with Crippen LogP contribution in [0.3, 0.4) is 0 Å². The summed E-state index contributed by atoms with van der Waals surface area (Å²) in [6, 6.07) is 0. The fourth-order valence-electron chi connectivity index (χ4n) is 6.83. The van der Waals surface area contributed by atoms with Crippen molar-refractivity contribution in [2.45, 2.75) is 91.6 Å². The second-order valence-electron chi connectivity index (χ2n) is 10.6. The minimum absolute atomic E-state index is 0.281. The van der Waals surface area contributed by atoms with Gasteiger partial charge in [-0.3, -0.25) is 0 Å². The Morgan fingerprint density at radius 3 is 2.30 bits per heavy atom. The molecular weight excluding hydrogens is 284 g/mol. The van der Waals surface area contributed by atoms with Crippen LogP contribution < -0.4 is 0 Å². The SMILES string of the molecule is CC1(C)CCC[C@]2(C)[C@@H](CC[C@]3(C)CC3CO)[C@](C)(O)CC[C@@H]12. The average molecular weight is 323 g/mol. The lowest BCUT2D eigenvalue weighted by molar-refractivity contribution is -0.170. The van der Waals surface area contributed by atoms with Crippen LogP contribution >= 0.6 is 0 Å². The van der Waals surface area contributed by atoms with Gasteiger partial charge >= 0.3 is 0 Å². The first-order valence-electron chi connectivity index (χ1n) is 9.88. The van der Waals surface area contributed by atoms with Crippen LogP contribution in [0.15, 0.2) is 0 Å². The van der Waals surface area contributed by atoms with E-state index in [9.17, 15) is 10.2 Å². The van der Waals surface area contributed by atoms with Crippen molar-refractivity contribution in [2.75, 3.05) is 6.61 Å². The number of aliphatic hydroxyl groups is 2. The van der Waals surface area contributed by atoms with Crippen LogP contribution in [0.2, 0.25) is 0 Å². The molecule has 0 aromatic rings. The van der Waals surface area contributed by atoms with E-state index >= 15 is 0 Å². The van der Waals surface area contributed by atoms with E-state index in [2.05, 4.69) is 34.6 Å².